The van der Waals surface area contributed by atoms with Crippen molar-refractivity contribution >= 4 is 27.5 Å². The van der Waals surface area contributed by atoms with Gasteiger partial charge in [-0.15, -0.1) is 0 Å². The van der Waals surface area contributed by atoms with E-state index in [-0.39, 0.29) is 11.8 Å². The average molecular weight is 298 g/mol. The fraction of sp³-hybridized carbons (Fsp3) is 0.462. The van der Waals surface area contributed by atoms with E-state index in [1.807, 2.05) is 6.92 Å². The lowest BCUT2D eigenvalue weighted by Gasteiger charge is -2.13. The number of cyclic esters (lactones) is 1. The molecule has 7 heteroatoms. The number of anilines is 2. The molecule has 1 aliphatic rings. The summed E-state index contributed by atoms with van der Waals surface area (Å²) in [6.07, 6.45) is 1.09. The van der Waals surface area contributed by atoms with Gasteiger partial charge < -0.3 is 4.74 Å². The van der Waals surface area contributed by atoms with Gasteiger partial charge in [0.05, 0.1) is 12.3 Å². The minimum Gasteiger partial charge on any atom is -0.447 e. The predicted octanol–water partition coefficient (Wildman–Crippen LogP) is 2.19. The molecule has 0 aromatic heterocycles. The molecule has 2 rings (SSSR count). The van der Waals surface area contributed by atoms with Gasteiger partial charge in [0.2, 0.25) is 10.0 Å². The van der Waals surface area contributed by atoms with Gasteiger partial charge >= 0.3 is 6.09 Å². The van der Waals surface area contributed by atoms with Crippen molar-refractivity contribution in [1.82, 2.24) is 0 Å². The van der Waals surface area contributed by atoms with Gasteiger partial charge in [0.25, 0.3) is 0 Å². The summed E-state index contributed by atoms with van der Waals surface area (Å²) in [5, 5.41) is 0. The number of rotatable bonds is 6. The molecule has 110 valence electrons. The smallest absolute Gasteiger partial charge is 0.414 e. The molecule has 1 aromatic carbocycles. The Labute approximate surface area is 118 Å². The first-order valence-electron chi connectivity index (χ1n) is 6.56. The fourth-order valence-corrected chi connectivity index (χ4v) is 3.17. The van der Waals surface area contributed by atoms with E-state index in [2.05, 4.69) is 4.72 Å². The van der Waals surface area contributed by atoms with Crippen molar-refractivity contribution in [2.45, 2.75) is 19.8 Å². The van der Waals surface area contributed by atoms with Crippen LogP contribution in [0.5, 0.6) is 0 Å². The number of nitrogens with zero attached hydrogens (tertiary/aromatic N) is 1. The summed E-state index contributed by atoms with van der Waals surface area (Å²) < 4.78 is 30.9. The highest BCUT2D eigenvalue weighted by molar-refractivity contribution is 7.92. The van der Waals surface area contributed by atoms with Crippen molar-refractivity contribution < 1.29 is 17.9 Å². The first kappa shape index (κ1) is 14.6. The van der Waals surface area contributed by atoms with Crippen LogP contribution in [-0.2, 0) is 14.8 Å². The molecule has 0 unspecified atom stereocenters. The van der Waals surface area contributed by atoms with Crippen LogP contribution in [0.15, 0.2) is 24.3 Å². The number of ether oxygens (including phenoxy) is 1. The molecule has 1 fully saturated rings. The van der Waals surface area contributed by atoms with Crippen molar-refractivity contribution in [2.75, 3.05) is 28.5 Å². The maximum Gasteiger partial charge on any atom is 0.414 e. The zero-order valence-corrected chi connectivity index (χ0v) is 12.1. The molecule has 20 heavy (non-hydrogen) atoms. The molecule has 0 saturated carbocycles. The Hall–Kier alpha value is -1.76. The lowest BCUT2D eigenvalue weighted by atomic mass is 10.2. The van der Waals surface area contributed by atoms with Crippen LogP contribution in [0.4, 0.5) is 16.2 Å². The lowest BCUT2D eigenvalue weighted by molar-refractivity contribution is 0.181. The molecule has 1 amide bonds. The van der Waals surface area contributed by atoms with Gasteiger partial charge in [0.15, 0.2) is 0 Å². The first-order valence-corrected chi connectivity index (χ1v) is 8.22. The van der Waals surface area contributed by atoms with Crippen molar-refractivity contribution in [1.29, 1.82) is 0 Å². The number of carbonyl (C=O) groups is 1. The van der Waals surface area contributed by atoms with Gasteiger partial charge in [-0.05, 0) is 30.7 Å². The van der Waals surface area contributed by atoms with Crippen LogP contribution in [0.1, 0.15) is 19.8 Å². The molecule has 0 bridgehead atoms. The van der Waals surface area contributed by atoms with E-state index < -0.39 is 10.0 Å². The molecule has 6 nitrogen and oxygen atoms in total. The average Bonchev–Trinajstić information content (AvgIpc) is 2.83. The number of carbonyl (C=O) groups excluding carboxylic acids is 1. The van der Waals surface area contributed by atoms with Gasteiger partial charge in [-0.1, -0.05) is 13.3 Å². The van der Waals surface area contributed by atoms with Crippen LogP contribution in [0, 0.1) is 0 Å². The number of hydrogen-bond donors (Lipinski definition) is 1. The summed E-state index contributed by atoms with van der Waals surface area (Å²) in [5.41, 5.74) is 1.20. The molecule has 1 heterocycles. The highest BCUT2D eigenvalue weighted by atomic mass is 32.2. The summed E-state index contributed by atoms with van der Waals surface area (Å²) in [7, 11) is -3.29. The van der Waals surface area contributed by atoms with Gasteiger partial charge in [0.1, 0.15) is 6.61 Å². The molecular weight excluding hydrogens is 280 g/mol. The highest BCUT2D eigenvalue weighted by Gasteiger charge is 2.23. The molecule has 0 spiro atoms. The van der Waals surface area contributed by atoms with E-state index in [1.54, 1.807) is 24.3 Å². The minimum atomic E-state index is -3.29. The molecule has 1 aliphatic heterocycles. The van der Waals surface area contributed by atoms with Crippen LogP contribution in [-0.4, -0.2) is 33.4 Å². The largest absolute Gasteiger partial charge is 0.447 e. The third kappa shape index (κ3) is 3.63. The SMILES string of the molecule is CCCCS(=O)(=O)Nc1ccc(N2CCOC2=O)cc1. The van der Waals surface area contributed by atoms with Crippen LogP contribution in [0.2, 0.25) is 0 Å². The predicted molar refractivity (Wildman–Crippen MR) is 77.5 cm³/mol. The monoisotopic (exact) mass is 298 g/mol. The summed E-state index contributed by atoms with van der Waals surface area (Å²) in [5.74, 6) is 0.115. The normalized spacial score (nSPS) is 15.2. The van der Waals surface area contributed by atoms with E-state index in [4.69, 9.17) is 4.74 Å². The van der Waals surface area contributed by atoms with Gasteiger partial charge in [-0.25, -0.2) is 13.2 Å². The first-order chi connectivity index (χ1) is 9.52. The number of amides is 1. The Morgan fingerprint density at radius 3 is 2.55 bits per heavy atom. The van der Waals surface area contributed by atoms with Crippen molar-refractivity contribution in [2.24, 2.45) is 0 Å². The zero-order valence-electron chi connectivity index (χ0n) is 11.3. The maximum absolute atomic E-state index is 11.8. The molecule has 0 atom stereocenters. The zero-order chi connectivity index (χ0) is 14.6. The Morgan fingerprint density at radius 2 is 2.00 bits per heavy atom. The molecule has 1 N–H and O–H groups in total. The summed E-state index contributed by atoms with van der Waals surface area (Å²) >= 11 is 0. The Bertz CT molecular complexity index is 569. The summed E-state index contributed by atoms with van der Waals surface area (Å²) in [4.78, 5) is 12.9. The van der Waals surface area contributed by atoms with Gasteiger partial charge in [-0.3, -0.25) is 9.62 Å². The third-order valence-electron chi connectivity index (χ3n) is 2.98. The van der Waals surface area contributed by atoms with E-state index in [0.29, 0.717) is 30.9 Å². The van der Waals surface area contributed by atoms with Crippen LogP contribution < -0.4 is 9.62 Å². The second-order valence-electron chi connectivity index (χ2n) is 4.59. The number of benzene rings is 1. The second-order valence-corrected chi connectivity index (χ2v) is 6.43. The van der Waals surface area contributed by atoms with Crippen molar-refractivity contribution in [3.05, 3.63) is 24.3 Å². The van der Waals surface area contributed by atoms with Crippen LogP contribution >= 0.6 is 0 Å². The number of unbranched alkanes of at least 4 members (excludes halogenated alkanes) is 1. The van der Waals surface area contributed by atoms with E-state index in [0.717, 1.165) is 6.42 Å². The fourth-order valence-electron chi connectivity index (χ4n) is 1.90. The van der Waals surface area contributed by atoms with E-state index in [9.17, 15) is 13.2 Å². The molecule has 0 aliphatic carbocycles. The van der Waals surface area contributed by atoms with Gasteiger partial charge in [0, 0.05) is 11.4 Å². The lowest BCUT2D eigenvalue weighted by Crippen LogP contribution is -2.23. The molecular formula is C13H18N2O4S. The second kappa shape index (κ2) is 6.13. The quantitative estimate of drug-likeness (QED) is 0.873. The molecule has 0 radical (unpaired) electrons. The highest BCUT2D eigenvalue weighted by Crippen LogP contribution is 2.21. The Balaban J connectivity index is 2.03. The molecule has 1 aromatic rings. The summed E-state index contributed by atoms with van der Waals surface area (Å²) in [6, 6.07) is 6.68. The van der Waals surface area contributed by atoms with Gasteiger partial charge in [-0.2, -0.15) is 0 Å². The maximum atomic E-state index is 11.8. The van der Waals surface area contributed by atoms with Crippen molar-refractivity contribution in [3.63, 3.8) is 0 Å². The van der Waals surface area contributed by atoms with Crippen molar-refractivity contribution in [3.8, 4) is 0 Å². The number of sulfonamides is 1. The Morgan fingerprint density at radius 1 is 1.30 bits per heavy atom. The standard InChI is InChI=1S/C13H18N2O4S/c1-2-3-10-20(17,18)14-11-4-6-12(7-5-11)15-8-9-19-13(15)16/h4-7,14H,2-3,8-10H2,1H3. The van der Waals surface area contributed by atoms with E-state index >= 15 is 0 Å². The van der Waals surface area contributed by atoms with Crippen LogP contribution in [0.3, 0.4) is 0 Å². The Kier molecular flexibility index (Phi) is 4.49. The topological polar surface area (TPSA) is 75.7 Å². The van der Waals surface area contributed by atoms with Crippen LogP contribution in [0.25, 0.3) is 0 Å². The number of hydrogen-bond acceptors (Lipinski definition) is 4. The minimum absolute atomic E-state index is 0.115. The number of nitrogens with one attached hydrogen (secondary N) is 1. The summed E-state index contributed by atoms with van der Waals surface area (Å²) in [6.45, 7) is 2.84. The molecule has 1 saturated heterocycles. The third-order valence-corrected chi connectivity index (χ3v) is 4.35. The van der Waals surface area contributed by atoms with E-state index in [1.165, 1.54) is 4.90 Å².